The molecule has 3 rings (SSSR count). The van der Waals surface area contributed by atoms with Crippen LogP contribution >= 0.6 is 0 Å². The van der Waals surface area contributed by atoms with E-state index in [0.29, 0.717) is 11.5 Å². The summed E-state index contributed by atoms with van der Waals surface area (Å²) < 4.78 is 0. The van der Waals surface area contributed by atoms with Gasteiger partial charge in [-0.15, -0.1) is 0 Å². The second-order valence-electron chi connectivity index (χ2n) is 5.12. The minimum absolute atomic E-state index is 0.642. The highest BCUT2D eigenvalue weighted by Gasteiger charge is 2.15. The van der Waals surface area contributed by atoms with Crippen LogP contribution in [0.1, 0.15) is 49.1 Å². The van der Waals surface area contributed by atoms with E-state index >= 15 is 0 Å². The van der Waals surface area contributed by atoms with Crippen LogP contribution in [0.4, 0.5) is 0 Å². The van der Waals surface area contributed by atoms with Crippen LogP contribution < -0.4 is 0 Å². The topological polar surface area (TPSA) is 36.7 Å². The first-order valence-electron chi connectivity index (χ1n) is 6.66. The number of nitrogens with zero attached hydrogens (tertiary/aromatic N) is 2. The normalized spacial score (nSPS) is 16.6. The standard InChI is InChI=1S/C16H16N2/c17-10-12-8-15-9-14(6-7-16(15)18-11-12)13-4-2-1-3-5-13/h6-9,11,13H,1-5H2. The molecular formula is C16H16N2. The molecule has 0 saturated heterocycles. The van der Waals surface area contributed by atoms with Gasteiger partial charge in [-0.3, -0.25) is 4.98 Å². The van der Waals surface area contributed by atoms with Gasteiger partial charge in [-0.05, 0) is 42.5 Å². The van der Waals surface area contributed by atoms with Crippen LogP contribution in [0.3, 0.4) is 0 Å². The van der Waals surface area contributed by atoms with Crippen molar-refractivity contribution >= 4 is 10.9 Å². The number of hydrogen-bond donors (Lipinski definition) is 0. The third-order valence-electron chi connectivity index (χ3n) is 3.91. The molecule has 1 aliphatic rings. The highest BCUT2D eigenvalue weighted by Crippen LogP contribution is 2.33. The molecule has 0 bridgehead atoms. The van der Waals surface area contributed by atoms with Crippen molar-refractivity contribution in [3.63, 3.8) is 0 Å². The average molecular weight is 236 g/mol. The van der Waals surface area contributed by atoms with E-state index in [0.717, 1.165) is 10.9 Å². The molecule has 1 saturated carbocycles. The van der Waals surface area contributed by atoms with E-state index in [9.17, 15) is 0 Å². The highest BCUT2D eigenvalue weighted by atomic mass is 14.6. The first-order valence-corrected chi connectivity index (χ1v) is 6.66. The smallest absolute Gasteiger partial charge is 0.101 e. The molecule has 18 heavy (non-hydrogen) atoms. The summed E-state index contributed by atoms with van der Waals surface area (Å²) in [5.74, 6) is 0.703. The molecule has 1 heterocycles. The van der Waals surface area contributed by atoms with Crippen molar-refractivity contribution in [2.45, 2.75) is 38.0 Å². The van der Waals surface area contributed by atoms with Crippen LogP contribution in [0.25, 0.3) is 10.9 Å². The summed E-state index contributed by atoms with van der Waals surface area (Å²) in [6, 6.07) is 10.6. The molecule has 0 unspecified atom stereocenters. The van der Waals surface area contributed by atoms with Crippen molar-refractivity contribution in [2.24, 2.45) is 0 Å². The Balaban J connectivity index is 2.01. The lowest BCUT2D eigenvalue weighted by Gasteiger charge is -2.22. The van der Waals surface area contributed by atoms with Crippen molar-refractivity contribution in [3.8, 4) is 6.07 Å². The molecule has 0 atom stereocenters. The van der Waals surface area contributed by atoms with E-state index < -0.39 is 0 Å². The molecule has 2 nitrogen and oxygen atoms in total. The fraction of sp³-hybridized carbons (Fsp3) is 0.375. The Morgan fingerprint density at radius 3 is 2.72 bits per heavy atom. The van der Waals surface area contributed by atoms with Crippen LogP contribution in [0.2, 0.25) is 0 Å². The van der Waals surface area contributed by atoms with Crippen LogP contribution in [0.15, 0.2) is 30.5 Å². The number of fused-ring (bicyclic) bond motifs is 1. The van der Waals surface area contributed by atoms with Gasteiger partial charge in [-0.2, -0.15) is 5.26 Å². The zero-order valence-corrected chi connectivity index (χ0v) is 10.4. The minimum Gasteiger partial charge on any atom is -0.255 e. The molecule has 0 radical (unpaired) electrons. The maximum absolute atomic E-state index is 8.93. The van der Waals surface area contributed by atoms with Gasteiger partial charge in [0.2, 0.25) is 0 Å². The van der Waals surface area contributed by atoms with Crippen LogP contribution in [0, 0.1) is 11.3 Å². The molecule has 0 N–H and O–H groups in total. The number of aromatic nitrogens is 1. The molecule has 0 amide bonds. The van der Waals surface area contributed by atoms with Crippen LogP contribution in [-0.2, 0) is 0 Å². The maximum atomic E-state index is 8.93. The molecule has 0 aliphatic heterocycles. The molecule has 1 fully saturated rings. The van der Waals surface area contributed by atoms with Gasteiger partial charge in [0, 0.05) is 11.6 Å². The van der Waals surface area contributed by atoms with E-state index in [1.807, 2.05) is 6.07 Å². The summed E-state index contributed by atoms with van der Waals surface area (Å²) in [6.45, 7) is 0. The SMILES string of the molecule is N#Cc1cnc2ccc(C3CCCCC3)cc2c1. The monoisotopic (exact) mass is 236 g/mol. The first kappa shape index (κ1) is 11.2. The number of nitriles is 1. The van der Waals surface area contributed by atoms with E-state index in [1.54, 1.807) is 6.20 Å². The fourth-order valence-electron chi connectivity index (χ4n) is 2.90. The van der Waals surface area contributed by atoms with Crippen molar-refractivity contribution in [1.82, 2.24) is 4.98 Å². The number of rotatable bonds is 1. The Morgan fingerprint density at radius 1 is 1.11 bits per heavy atom. The van der Waals surface area contributed by atoms with Crippen molar-refractivity contribution in [2.75, 3.05) is 0 Å². The Morgan fingerprint density at radius 2 is 1.94 bits per heavy atom. The second kappa shape index (κ2) is 4.78. The van der Waals surface area contributed by atoms with E-state index in [-0.39, 0.29) is 0 Å². The number of benzene rings is 1. The summed E-state index contributed by atoms with van der Waals surface area (Å²) in [5.41, 5.74) is 3.04. The van der Waals surface area contributed by atoms with Gasteiger partial charge in [0.05, 0.1) is 11.1 Å². The Labute approximate surface area is 107 Å². The zero-order chi connectivity index (χ0) is 12.4. The lowest BCUT2D eigenvalue weighted by atomic mass is 9.84. The van der Waals surface area contributed by atoms with Crippen LogP contribution in [0.5, 0.6) is 0 Å². The van der Waals surface area contributed by atoms with Crippen LogP contribution in [-0.4, -0.2) is 4.98 Å². The number of pyridine rings is 1. The van der Waals surface area contributed by atoms with Gasteiger partial charge < -0.3 is 0 Å². The minimum atomic E-state index is 0.642. The third-order valence-corrected chi connectivity index (χ3v) is 3.91. The third kappa shape index (κ3) is 2.09. The summed E-state index contributed by atoms with van der Waals surface area (Å²) in [4.78, 5) is 4.32. The van der Waals surface area contributed by atoms with Crippen molar-refractivity contribution < 1.29 is 0 Å². The van der Waals surface area contributed by atoms with E-state index in [4.69, 9.17) is 5.26 Å². The highest BCUT2D eigenvalue weighted by molar-refractivity contribution is 5.80. The first-order chi connectivity index (χ1) is 8.86. The zero-order valence-electron chi connectivity index (χ0n) is 10.4. The Hall–Kier alpha value is -1.88. The quantitative estimate of drug-likeness (QED) is 0.745. The molecule has 1 aliphatic carbocycles. The molecule has 1 aromatic carbocycles. The predicted molar refractivity (Wildman–Crippen MR) is 72.3 cm³/mol. The lowest BCUT2D eigenvalue weighted by molar-refractivity contribution is 0.444. The fourth-order valence-corrected chi connectivity index (χ4v) is 2.90. The van der Waals surface area contributed by atoms with Gasteiger partial charge in [-0.25, -0.2) is 0 Å². The van der Waals surface area contributed by atoms with Gasteiger partial charge in [-0.1, -0.05) is 25.3 Å². The molecule has 90 valence electrons. The predicted octanol–water partition coefficient (Wildman–Crippen LogP) is 4.15. The largest absolute Gasteiger partial charge is 0.255 e. The van der Waals surface area contributed by atoms with Crippen molar-refractivity contribution in [3.05, 3.63) is 41.6 Å². The molecule has 2 aromatic rings. The lowest BCUT2D eigenvalue weighted by Crippen LogP contribution is -2.04. The summed E-state index contributed by atoms with van der Waals surface area (Å²) >= 11 is 0. The molecule has 1 aromatic heterocycles. The summed E-state index contributed by atoms with van der Waals surface area (Å²) in [7, 11) is 0. The maximum Gasteiger partial charge on any atom is 0.101 e. The summed E-state index contributed by atoms with van der Waals surface area (Å²) in [5, 5.41) is 10.0. The molecular weight excluding hydrogens is 220 g/mol. The van der Waals surface area contributed by atoms with Gasteiger partial charge in [0.15, 0.2) is 0 Å². The average Bonchev–Trinajstić information content (AvgIpc) is 2.47. The molecule has 0 spiro atoms. The van der Waals surface area contributed by atoms with E-state index in [1.165, 1.54) is 37.7 Å². The Bertz CT molecular complexity index is 604. The van der Waals surface area contributed by atoms with Gasteiger partial charge >= 0.3 is 0 Å². The Kier molecular flexibility index (Phi) is 2.98. The summed E-state index contributed by atoms with van der Waals surface area (Å²) in [6.07, 6.45) is 8.32. The van der Waals surface area contributed by atoms with E-state index in [2.05, 4.69) is 29.3 Å². The van der Waals surface area contributed by atoms with Crippen molar-refractivity contribution in [1.29, 1.82) is 5.26 Å². The second-order valence-corrected chi connectivity index (χ2v) is 5.12. The van der Waals surface area contributed by atoms with Gasteiger partial charge in [0.25, 0.3) is 0 Å². The molecule has 2 heteroatoms. The van der Waals surface area contributed by atoms with Gasteiger partial charge in [0.1, 0.15) is 6.07 Å². The number of hydrogen-bond acceptors (Lipinski definition) is 2.